The summed E-state index contributed by atoms with van der Waals surface area (Å²) in [5.41, 5.74) is 0.792. The number of rotatable bonds is 4. The second-order valence-electron chi connectivity index (χ2n) is 4.50. The van der Waals surface area contributed by atoms with Crippen molar-refractivity contribution in [2.75, 3.05) is 0 Å². The van der Waals surface area contributed by atoms with E-state index in [1.54, 1.807) is 18.2 Å². The van der Waals surface area contributed by atoms with Crippen molar-refractivity contribution >= 4 is 0 Å². The minimum atomic E-state index is -0.485. The van der Waals surface area contributed by atoms with E-state index >= 15 is 0 Å². The van der Waals surface area contributed by atoms with Crippen LogP contribution in [0.15, 0.2) is 48.6 Å². The summed E-state index contributed by atoms with van der Waals surface area (Å²) in [6.45, 7) is 0. The van der Waals surface area contributed by atoms with Gasteiger partial charge in [0.2, 0.25) is 0 Å². The topological polar surface area (TPSA) is 40.5 Å². The normalized spacial score (nSPS) is 20.4. The third-order valence-corrected chi connectivity index (χ3v) is 3.14. The zero-order valence-electron chi connectivity index (χ0n) is 9.79. The maximum Gasteiger partial charge on any atom is 0.115 e. The molecule has 0 fully saturated rings. The Labute approximate surface area is 102 Å². The summed E-state index contributed by atoms with van der Waals surface area (Å²) in [5, 5.41) is 19.4. The molecule has 0 saturated heterocycles. The standard InChI is InChI=1S/C15H18O2/c16-14-8-4-7-13(11-14)15(17)10-9-12-5-2-1-3-6-12/h1-5,7-8,11-12,15-17H,6,9-10H2. The van der Waals surface area contributed by atoms with Crippen LogP contribution in [0, 0.1) is 5.92 Å². The van der Waals surface area contributed by atoms with Gasteiger partial charge in [-0.2, -0.15) is 0 Å². The summed E-state index contributed by atoms with van der Waals surface area (Å²) in [6.07, 6.45) is 10.7. The molecule has 0 aliphatic heterocycles. The second-order valence-corrected chi connectivity index (χ2v) is 4.50. The summed E-state index contributed by atoms with van der Waals surface area (Å²) in [4.78, 5) is 0. The number of phenolic OH excluding ortho intramolecular Hbond substituents is 1. The van der Waals surface area contributed by atoms with Crippen molar-refractivity contribution in [3.05, 3.63) is 54.1 Å². The molecule has 2 heteroatoms. The Hall–Kier alpha value is -1.54. The number of phenols is 1. The lowest BCUT2D eigenvalue weighted by Crippen LogP contribution is -2.03. The first-order valence-electron chi connectivity index (χ1n) is 6.06. The Kier molecular flexibility index (Phi) is 3.99. The first kappa shape index (κ1) is 11.9. The van der Waals surface area contributed by atoms with E-state index in [2.05, 4.69) is 24.3 Å². The van der Waals surface area contributed by atoms with Gasteiger partial charge >= 0.3 is 0 Å². The van der Waals surface area contributed by atoms with Crippen LogP contribution in [-0.4, -0.2) is 10.2 Å². The van der Waals surface area contributed by atoms with E-state index in [0.29, 0.717) is 5.92 Å². The number of aliphatic hydroxyl groups is 1. The van der Waals surface area contributed by atoms with Gasteiger partial charge < -0.3 is 10.2 Å². The molecule has 1 aliphatic rings. The molecule has 0 aromatic heterocycles. The number of benzene rings is 1. The molecule has 0 saturated carbocycles. The molecule has 0 radical (unpaired) electrons. The minimum Gasteiger partial charge on any atom is -0.508 e. The van der Waals surface area contributed by atoms with E-state index in [0.717, 1.165) is 24.8 Å². The lowest BCUT2D eigenvalue weighted by atomic mass is 9.92. The first-order valence-corrected chi connectivity index (χ1v) is 6.06. The molecule has 0 amide bonds. The zero-order valence-corrected chi connectivity index (χ0v) is 9.79. The Bertz CT molecular complexity index is 421. The van der Waals surface area contributed by atoms with E-state index in [9.17, 15) is 10.2 Å². The first-order chi connectivity index (χ1) is 8.25. The van der Waals surface area contributed by atoms with Crippen molar-refractivity contribution in [1.29, 1.82) is 0 Å². The highest BCUT2D eigenvalue weighted by Gasteiger charge is 2.11. The smallest absolute Gasteiger partial charge is 0.115 e. The molecular weight excluding hydrogens is 212 g/mol. The summed E-state index contributed by atoms with van der Waals surface area (Å²) in [5.74, 6) is 0.744. The van der Waals surface area contributed by atoms with Crippen LogP contribution in [0.1, 0.15) is 30.9 Å². The minimum absolute atomic E-state index is 0.210. The van der Waals surface area contributed by atoms with Crippen LogP contribution in [0.2, 0.25) is 0 Å². The summed E-state index contributed by atoms with van der Waals surface area (Å²) in [7, 11) is 0. The van der Waals surface area contributed by atoms with Gasteiger partial charge in [0.1, 0.15) is 5.75 Å². The number of allylic oxidation sites excluding steroid dienone is 4. The molecular formula is C15H18O2. The van der Waals surface area contributed by atoms with Gasteiger partial charge in [0.05, 0.1) is 6.10 Å². The van der Waals surface area contributed by atoms with Crippen LogP contribution < -0.4 is 0 Å². The van der Waals surface area contributed by atoms with E-state index in [4.69, 9.17) is 0 Å². The Morgan fingerprint density at radius 2 is 2.18 bits per heavy atom. The number of hydrogen-bond donors (Lipinski definition) is 2. The average molecular weight is 230 g/mol. The van der Waals surface area contributed by atoms with Gasteiger partial charge in [0.25, 0.3) is 0 Å². The van der Waals surface area contributed by atoms with Gasteiger partial charge in [0.15, 0.2) is 0 Å². The molecule has 1 aromatic rings. The average Bonchev–Trinajstić information content (AvgIpc) is 2.37. The molecule has 2 atom stereocenters. The number of hydrogen-bond acceptors (Lipinski definition) is 2. The summed E-state index contributed by atoms with van der Waals surface area (Å²) >= 11 is 0. The van der Waals surface area contributed by atoms with E-state index in [1.165, 1.54) is 0 Å². The van der Waals surface area contributed by atoms with E-state index < -0.39 is 6.10 Å². The van der Waals surface area contributed by atoms with Gasteiger partial charge in [-0.05, 0) is 42.9 Å². The lowest BCUT2D eigenvalue weighted by Gasteiger charge is -2.16. The molecule has 2 nitrogen and oxygen atoms in total. The maximum absolute atomic E-state index is 10.0. The van der Waals surface area contributed by atoms with Crippen molar-refractivity contribution < 1.29 is 10.2 Å². The molecule has 0 bridgehead atoms. The zero-order chi connectivity index (χ0) is 12.1. The quantitative estimate of drug-likeness (QED) is 0.832. The molecule has 2 N–H and O–H groups in total. The Balaban J connectivity index is 1.86. The Morgan fingerprint density at radius 1 is 1.29 bits per heavy atom. The fraction of sp³-hybridized carbons (Fsp3) is 0.333. The molecule has 17 heavy (non-hydrogen) atoms. The highest BCUT2D eigenvalue weighted by molar-refractivity contribution is 5.28. The molecule has 0 heterocycles. The molecule has 90 valence electrons. The lowest BCUT2D eigenvalue weighted by molar-refractivity contribution is 0.159. The van der Waals surface area contributed by atoms with Crippen molar-refractivity contribution in [2.45, 2.75) is 25.4 Å². The van der Waals surface area contributed by atoms with Crippen LogP contribution in [0.25, 0.3) is 0 Å². The van der Waals surface area contributed by atoms with Gasteiger partial charge in [0, 0.05) is 0 Å². The fourth-order valence-corrected chi connectivity index (χ4v) is 2.12. The number of aliphatic hydroxyl groups excluding tert-OH is 1. The predicted octanol–water partition coefficient (Wildman–Crippen LogP) is 3.34. The monoisotopic (exact) mass is 230 g/mol. The highest BCUT2D eigenvalue weighted by Crippen LogP contribution is 2.26. The highest BCUT2D eigenvalue weighted by atomic mass is 16.3. The second kappa shape index (κ2) is 5.69. The Morgan fingerprint density at radius 3 is 2.88 bits per heavy atom. The van der Waals surface area contributed by atoms with Crippen LogP contribution in [0.3, 0.4) is 0 Å². The molecule has 0 spiro atoms. The van der Waals surface area contributed by atoms with E-state index in [1.807, 2.05) is 6.07 Å². The van der Waals surface area contributed by atoms with Crippen LogP contribution in [0.5, 0.6) is 5.75 Å². The van der Waals surface area contributed by atoms with Gasteiger partial charge in [-0.3, -0.25) is 0 Å². The van der Waals surface area contributed by atoms with Crippen molar-refractivity contribution in [1.82, 2.24) is 0 Å². The third kappa shape index (κ3) is 3.46. The molecule has 2 rings (SSSR count). The predicted molar refractivity (Wildman–Crippen MR) is 68.7 cm³/mol. The maximum atomic E-state index is 10.0. The van der Waals surface area contributed by atoms with Gasteiger partial charge in [-0.1, -0.05) is 36.4 Å². The van der Waals surface area contributed by atoms with Crippen molar-refractivity contribution in [2.24, 2.45) is 5.92 Å². The number of aromatic hydroxyl groups is 1. The summed E-state index contributed by atoms with van der Waals surface area (Å²) < 4.78 is 0. The molecule has 1 aromatic carbocycles. The van der Waals surface area contributed by atoms with Gasteiger partial charge in [-0.25, -0.2) is 0 Å². The SMILES string of the molecule is Oc1cccc(C(O)CCC2C=CC=CC2)c1. The largest absolute Gasteiger partial charge is 0.508 e. The van der Waals surface area contributed by atoms with Crippen molar-refractivity contribution in [3.63, 3.8) is 0 Å². The van der Waals surface area contributed by atoms with Crippen LogP contribution >= 0.6 is 0 Å². The van der Waals surface area contributed by atoms with E-state index in [-0.39, 0.29) is 5.75 Å². The molecule has 2 unspecified atom stereocenters. The third-order valence-electron chi connectivity index (χ3n) is 3.14. The van der Waals surface area contributed by atoms with Gasteiger partial charge in [-0.15, -0.1) is 0 Å². The molecule has 1 aliphatic carbocycles. The summed E-state index contributed by atoms with van der Waals surface area (Å²) in [6, 6.07) is 6.85. The van der Waals surface area contributed by atoms with Crippen molar-refractivity contribution in [3.8, 4) is 5.75 Å². The fourth-order valence-electron chi connectivity index (χ4n) is 2.12. The van der Waals surface area contributed by atoms with Crippen LogP contribution in [-0.2, 0) is 0 Å². The van der Waals surface area contributed by atoms with Crippen LogP contribution in [0.4, 0.5) is 0 Å².